The number of rotatable bonds is 2. The Bertz CT molecular complexity index is 642. The number of hydrogen-bond donors (Lipinski definition) is 0. The summed E-state index contributed by atoms with van der Waals surface area (Å²) in [6.07, 6.45) is 1.81. The predicted octanol–water partition coefficient (Wildman–Crippen LogP) is 1.30. The molecule has 3 rings (SSSR count). The van der Waals surface area contributed by atoms with Crippen LogP contribution in [0.1, 0.15) is 34.6 Å². The molecule has 0 saturated carbocycles. The number of carbonyl (C=O) groups is 1. The van der Waals surface area contributed by atoms with E-state index in [4.69, 9.17) is 9.31 Å². The van der Waals surface area contributed by atoms with Gasteiger partial charge in [0.15, 0.2) is 0 Å². The molecule has 1 aromatic rings. The number of amides is 1. The molecule has 0 bridgehead atoms. The lowest BCUT2D eigenvalue weighted by Crippen LogP contribution is -2.58. The van der Waals surface area contributed by atoms with Gasteiger partial charge in [0, 0.05) is 51.3 Å². The van der Waals surface area contributed by atoms with E-state index < -0.39 is 0 Å². The highest BCUT2D eigenvalue weighted by atomic mass is 16.6. The maximum Gasteiger partial charge on any atom is 0.494 e. The summed E-state index contributed by atoms with van der Waals surface area (Å²) in [6.45, 7) is 13.9. The molecule has 0 N–H and O–H groups in total. The average Bonchev–Trinajstić information content (AvgIpc) is 2.57. The first kappa shape index (κ1) is 18.2. The van der Waals surface area contributed by atoms with E-state index in [-0.39, 0.29) is 24.0 Å². The van der Waals surface area contributed by atoms with Crippen LogP contribution in [0, 0.1) is 5.41 Å². The van der Waals surface area contributed by atoms with Crippen molar-refractivity contribution in [3.63, 3.8) is 0 Å². The molecule has 136 valence electrons. The number of carbonyl (C=O) groups excluding carboxylic acids is 1. The van der Waals surface area contributed by atoms with Crippen molar-refractivity contribution >= 4 is 24.3 Å². The Hall–Kier alpha value is -1.60. The first-order chi connectivity index (χ1) is 11.7. The van der Waals surface area contributed by atoms with Crippen LogP contribution in [0.2, 0.25) is 0 Å². The Morgan fingerprint density at radius 2 is 1.88 bits per heavy atom. The van der Waals surface area contributed by atoms with E-state index in [1.54, 1.807) is 6.92 Å². The third kappa shape index (κ3) is 3.67. The minimum atomic E-state index is -0.372. The summed E-state index contributed by atoms with van der Waals surface area (Å²) in [4.78, 5) is 20.1. The molecule has 2 saturated heterocycles. The van der Waals surface area contributed by atoms with Gasteiger partial charge in [0.1, 0.15) is 5.82 Å². The minimum absolute atomic E-state index is 0.0393. The Labute approximate surface area is 150 Å². The van der Waals surface area contributed by atoms with Crippen LogP contribution in [-0.4, -0.2) is 61.3 Å². The van der Waals surface area contributed by atoms with Crippen molar-refractivity contribution in [2.24, 2.45) is 5.41 Å². The molecule has 0 aliphatic carbocycles. The van der Waals surface area contributed by atoms with Crippen LogP contribution in [0.4, 0.5) is 5.82 Å². The normalized spacial score (nSPS) is 22.8. The smallest absolute Gasteiger partial charge is 0.407 e. The van der Waals surface area contributed by atoms with Gasteiger partial charge in [-0.05, 0) is 31.4 Å². The van der Waals surface area contributed by atoms with Gasteiger partial charge in [-0.1, -0.05) is 13.8 Å². The van der Waals surface area contributed by atoms with Crippen molar-refractivity contribution in [3.05, 3.63) is 18.3 Å². The van der Waals surface area contributed by atoms with E-state index in [1.165, 1.54) is 0 Å². The summed E-state index contributed by atoms with van der Waals surface area (Å²) in [5, 5.41) is 0. The molecule has 1 aromatic heterocycles. The summed E-state index contributed by atoms with van der Waals surface area (Å²) in [5.74, 6) is 1.05. The first-order valence-corrected chi connectivity index (χ1v) is 8.95. The summed E-state index contributed by atoms with van der Waals surface area (Å²) in [7, 11) is -0.372. The van der Waals surface area contributed by atoms with E-state index in [1.807, 2.05) is 23.2 Å². The summed E-state index contributed by atoms with van der Waals surface area (Å²) in [5.41, 5.74) is 0.678. The highest BCUT2D eigenvalue weighted by Gasteiger charge is 2.47. The lowest BCUT2D eigenvalue weighted by molar-refractivity contribution is -0.129. The van der Waals surface area contributed by atoms with Gasteiger partial charge in [-0.3, -0.25) is 4.79 Å². The standard InChI is InChI=1S/C18H28BN3O3/c1-14(23)21-8-10-22(11-9-21)16-12-15(6-7-20-16)19-24-13-17(2,3)18(4,5)25-19/h6-7,12H,8-11,13H2,1-5H3. The van der Waals surface area contributed by atoms with Gasteiger partial charge in [-0.15, -0.1) is 0 Å². The Kier molecular flexibility index (Phi) is 4.81. The van der Waals surface area contributed by atoms with Crippen molar-refractivity contribution in [1.82, 2.24) is 9.88 Å². The molecule has 1 amide bonds. The molecule has 2 fully saturated rings. The van der Waals surface area contributed by atoms with E-state index in [2.05, 4.69) is 37.6 Å². The summed E-state index contributed by atoms with van der Waals surface area (Å²) < 4.78 is 12.2. The van der Waals surface area contributed by atoms with Gasteiger partial charge in [0.25, 0.3) is 0 Å². The number of pyridine rings is 1. The van der Waals surface area contributed by atoms with Gasteiger partial charge in [-0.25, -0.2) is 4.98 Å². The first-order valence-electron chi connectivity index (χ1n) is 8.95. The molecule has 3 heterocycles. The van der Waals surface area contributed by atoms with Crippen LogP contribution < -0.4 is 10.4 Å². The summed E-state index contributed by atoms with van der Waals surface area (Å²) in [6, 6.07) is 4.00. The molecule has 0 aromatic carbocycles. The van der Waals surface area contributed by atoms with E-state index in [0.717, 1.165) is 37.5 Å². The van der Waals surface area contributed by atoms with Crippen LogP contribution in [0.15, 0.2) is 18.3 Å². The van der Waals surface area contributed by atoms with Crippen LogP contribution >= 0.6 is 0 Å². The molecular formula is C18H28BN3O3. The highest BCUT2D eigenvalue weighted by Crippen LogP contribution is 2.38. The number of anilines is 1. The van der Waals surface area contributed by atoms with Crippen molar-refractivity contribution in [2.45, 2.75) is 40.2 Å². The maximum atomic E-state index is 11.5. The number of aromatic nitrogens is 1. The highest BCUT2D eigenvalue weighted by molar-refractivity contribution is 6.61. The van der Waals surface area contributed by atoms with Crippen molar-refractivity contribution in [2.75, 3.05) is 37.7 Å². The Balaban J connectivity index is 1.71. The molecule has 0 atom stereocenters. The van der Waals surface area contributed by atoms with Gasteiger partial charge < -0.3 is 19.1 Å². The number of piperazine rings is 1. The second-order valence-electron chi connectivity index (χ2n) is 8.10. The fraction of sp³-hybridized carbons (Fsp3) is 0.667. The van der Waals surface area contributed by atoms with Crippen molar-refractivity contribution in [3.8, 4) is 0 Å². The monoisotopic (exact) mass is 345 g/mol. The van der Waals surface area contributed by atoms with E-state index >= 15 is 0 Å². The molecule has 25 heavy (non-hydrogen) atoms. The van der Waals surface area contributed by atoms with Crippen molar-refractivity contribution < 1.29 is 14.1 Å². The summed E-state index contributed by atoms with van der Waals surface area (Å²) >= 11 is 0. The van der Waals surface area contributed by atoms with Crippen LogP contribution in [-0.2, 0) is 14.1 Å². The molecule has 0 radical (unpaired) electrons. The Morgan fingerprint density at radius 1 is 1.20 bits per heavy atom. The molecule has 2 aliphatic rings. The minimum Gasteiger partial charge on any atom is -0.407 e. The molecule has 2 aliphatic heterocycles. The zero-order chi connectivity index (χ0) is 18.2. The van der Waals surface area contributed by atoms with E-state index in [9.17, 15) is 4.79 Å². The topological polar surface area (TPSA) is 54.9 Å². The zero-order valence-electron chi connectivity index (χ0n) is 15.9. The second kappa shape index (κ2) is 6.61. The zero-order valence-corrected chi connectivity index (χ0v) is 15.9. The SMILES string of the molecule is CC(=O)N1CCN(c2cc(B3OCC(C)(C)C(C)(C)O3)ccn2)CC1. The quantitative estimate of drug-likeness (QED) is 0.757. The maximum absolute atomic E-state index is 11.5. The predicted molar refractivity (Wildman–Crippen MR) is 99.0 cm³/mol. The second-order valence-corrected chi connectivity index (χ2v) is 8.10. The number of nitrogens with zero attached hydrogens (tertiary/aromatic N) is 3. The van der Waals surface area contributed by atoms with E-state index in [0.29, 0.717) is 6.61 Å². The third-order valence-corrected chi connectivity index (χ3v) is 5.72. The van der Waals surface area contributed by atoms with Crippen LogP contribution in [0.3, 0.4) is 0 Å². The van der Waals surface area contributed by atoms with Crippen LogP contribution in [0.5, 0.6) is 0 Å². The van der Waals surface area contributed by atoms with Crippen molar-refractivity contribution in [1.29, 1.82) is 0 Å². The lowest BCUT2D eigenvalue weighted by atomic mass is 9.69. The van der Waals surface area contributed by atoms with Crippen LogP contribution in [0.25, 0.3) is 0 Å². The van der Waals surface area contributed by atoms with Gasteiger partial charge >= 0.3 is 7.12 Å². The lowest BCUT2D eigenvalue weighted by Gasteiger charge is -2.47. The molecule has 0 unspecified atom stereocenters. The molecule has 6 nitrogen and oxygen atoms in total. The fourth-order valence-electron chi connectivity index (χ4n) is 3.09. The van der Waals surface area contributed by atoms with Gasteiger partial charge in [0.2, 0.25) is 5.91 Å². The average molecular weight is 345 g/mol. The fourth-order valence-corrected chi connectivity index (χ4v) is 3.09. The van der Waals surface area contributed by atoms with Gasteiger partial charge in [-0.2, -0.15) is 0 Å². The largest absolute Gasteiger partial charge is 0.494 e. The van der Waals surface area contributed by atoms with Gasteiger partial charge in [0.05, 0.1) is 5.60 Å². The molecular weight excluding hydrogens is 317 g/mol. The third-order valence-electron chi connectivity index (χ3n) is 5.72. The molecule has 0 spiro atoms. The molecule has 7 heteroatoms. The number of hydrogen-bond acceptors (Lipinski definition) is 5. The Morgan fingerprint density at radius 3 is 2.48 bits per heavy atom.